The van der Waals surface area contributed by atoms with Gasteiger partial charge in [-0.3, -0.25) is 4.79 Å². The van der Waals surface area contributed by atoms with E-state index in [0.29, 0.717) is 30.4 Å². The summed E-state index contributed by atoms with van der Waals surface area (Å²) in [5, 5.41) is 11.5. The minimum absolute atomic E-state index is 0.114. The van der Waals surface area contributed by atoms with Crippen molar-refractivity contribution in [1.29, 1.82) is 0 Å². The number of rotatable bonds is 7. The standard InChI is InChI=1S/C23H24N4O4/c1-29-20-4-2-3-5-21(20)31-16-23(28)24-18-8-6-17(7-9-18)19-10-11-22(26-25-19)27-12-14-30-15-13-27/h2-11H,12-16H2,1H3,(H,24,28). The van der Waals surface area contributed by atoms with Crippen LogP contribution in [0.3, 0.4) is 0 Å². The van der Waals surface area contributed by atoms with Gasteiger partial charge in [0.25, 0.3) is 5.91 Å². The molecule has 0 aliphatic carbocycles. The lowest BCUT2D eigenvalue weighted by atomic mass is 10.1. The number of methoxy groups -OCH3 is 1. The van der Waals surface area contributed by atoms with Gasteiger partial charge in [-0.25, -0.2) is 0 Å². The summed E-state index contributed by atoms with van der Waals surface area (Å²) in [6, 6.07) is 18.6. The molecule has 160 valence electrons. The van der Waals surface area contributed by atoms with Crippen LogP contribution in [0.1, 0.15) is 0 Å². The molecular weight excluding hydrogens is 396 g/mol. The van der Waals surface area contributed by atoms with Crippen LogP contribution in [0.5, 0.6) is 11.5 Å². The topological polar surface area (TPSA) is 85.8 Å². The van der Waals surface area contributed by atoms with Crippen LogP contribution >= 0.6 is 0 Å². The van der Waals surface area contributed by atoms with Crippen molar-refractivity contribution in [1.82, 2.24) is 10.2 Å². The van der Waals surface area contributed by atoms with E-state index in [-0.39, 0.29) is 12.5 Å². The van der Waals surface area contributed by atoms with Crippen LogP contribution in [-0.2, 0) is 9.53 Å². The fourth-order valence-electron chi connectivity index (χ4n) is 3.24. The molecule has 0 radical (unpaired) electrons. The predicted octanol–water partition coefficient (Wildman–Crippen LogP) is 3.01. The lowest BCUT2D eigenvalue weighted by Crippen LogP contribution is -2.36. The Balaban J connectivity index is 1.33. The van der Waals surface area contributed by atoms with Crippen molar-refractivity contribution < 1.29 is 19.0 Å². The number of benzene rings is 2. The number of anilines is 2. The molecule has 8 nitrogen and oxygen atoms in total. The van der Waals surface area contributed by atoms with Crippen molar-refractivity contribution in [2.45, 2.75) is 0 Å². The Morgan fingerprint density at radius 3 is 2.42 bits per heavy atom. The number of nitrogens with zero attached hydrogens (tertiary/aromatic N) is 3. The van der Waals surface area contributed by atoms with Crippen molar-refractivity contribution in [3.63, 3.8) is 0 Å². The summed E-state index contributed by atoms with van der Waals surface area (Å²) >= 11 is 0. The van der Waals surface area contributed by atoms with Crippen molar-refractivity contribution in [2.24, 2.45) is 0 Å². The molecule has 0 unspecified atom stereocenters. The van der Waals surface area contributed by atoms with Crippen LogP contribution in [0.25, 0.3) is 11.3 Å². The van der Waals surface area contributed by atoms with Crippen molar-refractivity contribution in [3.8, 4) is 22.8 Å². The lowest BCUT2D eigenvalue weighted by molar-refractivity contribution is -0.118. The van der Waals surface area contributed by atoms with E-state index in [2.05, 4.69) is 20.4 Å². The maximum absolute atomic E-state index is 12.2. The van der Waals surface area contributed by atoms with Gasteiger partial charge in [0.05, 0.1) is 26.0 Å². The minimum Gasteiger partial charge on any atom is -0.493 e. The number of aromatic nitrogens is 2. The molecular formula is C23H24N4O4. The highest BCUT2D eigenvalue weighted by molar-refractivity contribution is 5.92. The van der Waals surface area contributed by atoms with E-state index >= 15 is 0 Å². The molecule has 0 bridgehead atoms. The number of morpholine rings is 1. The number of nitrogens with one attached hydrogen (secondary N) is 1. The molecule has 2 aromatic carbocycles. The smallest absolute Gasteiger partial charge is 0.262 e. The first-order valence-electron chi connectivity index (χ1n) is 10.1. The summed E-state index contributed by atoms with van der Waals surface area (Å²) in [7, 11) is 1.56. The highest BCUT2D eigenvalue weighted by Gasteiger charge is 2.13. The fraction of sp³-hybridized carbons (Fsp3) is 0.261. The fourth-order valence-corrected chi connectivity index (χ4v) is 3.24. The molecule has 0 atom stereocenters. The molecule has 1 saturated heterocycles. The van der Waals surface area contributed by atoms with Crippen LogP contribution in [0.2, 0.25) is 0 Å². The maximum Gasteiger partial charge on any atom is 0.262 e. The van der Waals surface area contributed by atoms with E-state index in [1.54, 1.807) is 19.2 Å². The molecule has 4 rings (SSSR count). The number of para-hydroxylation sites is 2. The average molecular weight is 420 g/mol. The second kappa shape index (κ2) is 9.90. The van der Waals surface area contributed by atoms with Crippen LogP contribution in [0, 0.1) is 0 Å². The van der Waals surface area contributed by atoms with Crippen LogP contribution in [-0.4, -0.2) is 56.1 Å². The molecule has 1 aliphatic rings. The van der Waals surface area contributed by atoms with E-state index in [1.165, 1.54) is 0 Å². The van der Waals surface area contributed by atoms with E-state index < -0.39 is 0 Å². The number of carbonyl (C=O) groups excluding carboxylic acids is 1. The van der Waals surface area contributed by atoms with Gasteiger partial charge in [0.1, 0.15) is 0 Å². The summed E-state index contributed by atoms with van der Waals surface area (Å²) in [6.45, 7) is 2.95. The van der Waals surface area contributed by atoms with Gasteiger partial charge in [0.2, 0.25) is 0 Å². The third kappa shape index (κ3) is 5.29. The largest absolute Gasteiger partial charge is 0.493 e. The zero-order valence-electron chi connectivity index (χ0n) is 17.3. The normalized spacial score (nSPS) is 13.5. The van der Waals surface area contributed by atoms with E-state index in [1.807, 2.05) is 48.5 Å². The highest BCUT2D eigenvalue weighted by Crippen LogP contribution is 2.26. The van der Waals surface area contributed by atoms with Gasteiger partial charge in [-0.05, 0) is 36.4 Å². The van der Waals surface area contributed by atoms with Crippen LogP contribution < -0.4 is 19.7 Å². The summed E-state index contributed by atoms with van der Waals surface area (Å²) in [6.07, 6.45) is 0. The van der Waals surface area contributed by atoms with Crippen molar-refractivity contribution in [2.75, 3.05) is 50.2 Å². The molecule has 8 heteroatoms. The Hall–Kier alpha value is -3.65. The van der Waals surface area contributed by atoms with Crippen LogP contribution in [0.4, 0.5) is 11.5 Å². The Morgan fingerprint density at radius 1 is 1.00 bits per heavy atom. The monoisotopic (exact) mass is 420 g/mol. The summed E-state index contributed by atoms with van der Waals surface area (Å²) in [5.41, 5.74) is 2.37. The Morgan fingerprint density at radius 2 is 1.74 bits per heavy atom. The molecule has 1 N–H and O–H groups in total. The number of hydrogen-bond donors (Lipinski definition) is 1. The molecule has 1 amide bonds. The zero-order valence-corrected chi connectivity index (χ0v) is 17.3. The van der Waals surface area contributed by atoms with Gasteiger partial charge in [0.15, 0.2) is 23.9 Å². The number of hydrogen-bond acceptors (Lipinski definition) is 7. The molecule has 3 aromatic rings. The zero-order chi connectivity index (χ0) is 21.5. The SMILES string of the molecule is COc1ccccc1OCC(=O)Nc1ccc(-c2ccc(N3CCOCC3)nn2)cc1. The first-order chi connectivity index (χ1) is 15.2. The molecule has 0 saturated carbocycles. The first-order valence-corrected chi connectivity index (χ1v) is 10.1. The maximum atomic E-state index is 12.2. The lowest BCUT2D eigenvalue weighted by Gasteiger charge is -2.27. The first kappa shape index (κ1) is 20.6. The van der Waals surface area contributed by atoms with Crippen molar-refractivity contribution in [3.05, 3.63) is 60.7 Å². The van der Waals surface area contributed by atoms with Gasteiger partial charge in [0, 0.05) is 24.3 Å². The van der Waals surface area contributed by atoms with E-state index in [9.17, 15) is 4.79 Å². The van der Waals surface area contributed by atoms with Gasteiger partial charge in [-0.1, -0.05) is 24.3 Å². The second-order valence-corrected chi connectivity index (χ2v) is 6.94. The number of ether oxygens (including phenoxy) is 3. The average Bonchev–Trinajstić information content (AvgIpc) is 2.84. The van der Waals surface area contributed by atoms with Gasteiger partial charge in [-0.2, -0.15) is 0 Å². The van der Waals surface area contributed by atoms with E-state index in [4.69, 9.17) is 14.2 Å². The second-order valence-electron chi connectivity index (χ2n) is 6.94. The molecule has 2 heterocycles. The summed E-state index contributed by atoms with van der Waals surface area (Å²) < 4.78 is 16.1. The molecule has 1 aliphatic heterocycles. The molecule has 1 fully saturated rings. The molecule has 0 spiro atoms. The van der Waals surface area contributed by atoms with E-state index in [0.717, 1.165) is 30.2 Å². The van der Waals surface area contributed by atoms with Crippen molar-refractivity contribution >= 4 is 17.4 Å². The van der Waals surface area contributed by atoms with Gasteiger partial charge < -0.3 is 24.4 Å². The summed E-state index contributed by atoms with van der Waals surface area (Å²) in [4.78, 5) is 14.4. The third-order valence-corrected chi connectivity index (χ3v) is 4.88. The number of amides is 1. The Bertz CT molecular complexity index is 1000. The Labute approximate surface area is 180 Å². The number of carbonyl (C=O) groups is 1. The third-order valence-electron chi connectivity index (χ3n) is 4.88. The quantitative estimate of drug-likeness (QED) is 0.629. The van der Waals surface area contributed by atoms with Crippen LogP contribution in [0.15, 0.2) is 60.7 Å². The van der Waals surface area contributed by atoms with Gasteiger partial charge >= 0.3 is 0 Å². The minimum atomic E-state index is -0.256. The Kier molecular flexibility index (Phi) is 6.59. The summed E-state index contributed by atoms with van der Waals surface area (Å²) in [5.74, 6) is 1.70. The molecule has 1 aromatic heterocycles. The molecule has 31 heavy (non-hydrogen) atoms. The predicted molar refractivity (Wildman–Crippen MR) is 118 cm³/mol. The highest BCUT2D eigenvalue weighted by atomic mass is 16.5. The van der Waals surface area contributed by atoms with Gasteiger partial charge in [-0.15, -0.1) is 10.2 Å².